The zero-order valence-electron chi connectivity index (χ0n) is 13.9. The normalized spacial score (nSPS) is 12.1. The molecule has 0 amide bonds. The van der Waals surface area contributed by atoms with Gasteiger partial charge in [0.25, 0.3) is 0 Å². The van der Waals surface area contributed by atoms with Crippen molar-refractivity contribution in [3.05, 3.63) is 70.9 Å². The average Bonchev–Trinajstić information content (AvgIpc) is 2.97. The summed E-state index contributed by atoms with van der Waals surface area (Å²) in [4.78, 5) is 28.0. The summed E-state index contributed by atoms with van der Waals surface area (Å²) in [5, 5.41) is 0.830. The van der Waals surface area contributed by atoms with E-state index in [-0.39, 0.29) is 5.78 Å². The summed E-state index contributed by atoms with van der Waals surface area (Å²) >= 11 is 0. The minimum absolute atomic E-state index is 0.217. The van der Waals surface area contributed by atoms with Crippen molar-refractivity contribution in [3.63, 3.8) is 0 Å². The molecule has 1 atom stereocenters. The number of carbonyl (C=O) groups is 2. The number of ether oxygens (including phenoxy) is 1. The Hall–Kier alpha value is -2.88. The molecule has 1 N–H and O–H groups in total. The van der Waals surface area contributed by atoms with Crippen LogP contribution >= 0.6 is 0 Å². The third-order valence-corrected chi connectivity index (χ3v) is 3.97. The first-order valence-electron chi connectivity index (χ1n) is 7.85. The largest absolute Gasteiger partial charge is 0.451 e. The minimum Gasteiger partial charge on any atom is -0.451 e. The summed E-state index contributed by atoms with van der Waals surface area (Å²) in [5.41, 5.74) is 3.85. The number of esters is 1. The number of ketones is 1. The highest BCUT2D eigenvalue weighted by Gasteiger charge is 2.23. The Morgan fingerprint density at radius 2 is 1.71 bits per heavy atom. The van der Waals surface area contributed by atoms with E-state index in [1.54, 1.807) is 25.3 Å². The van der Waals surface area contributed by atoms with Crippen LogP contribution in [0.1, 0.15) is 38.8 Å². The van der Waals surface area contributed by atoms with Gasteiger partial charge in [0.1, 0.15) is 0 Å². The number of fused-ring (bicyclic) bond motifs is 1. The van der Waals surface area contributed by atoms with Crippen LogP contribution in [0.5, 0.6) is 0 Å². The van der Waals surface area contributed by atoms with Gasteiger partial charge in [-0.25, -0.2) is 4.79 Å². The second-order valence-electron chi connectivity index (χ2n) is 6.04. The number of Topliss-reactive ketones (excluding diaryl/α,β-unsaturated/α-hetero) is 1. The maximum absolute atomic E-state index is 12.6. The molecule has 1 aromatic heterocycles. The van der Waals surface area contributed by atoms with Crippen molar-refractivity contribution in [1.82, 2.24) is 4.98 Å². The molecule has 0 radical (unpaired) electrons. The van der Waals surface area contributed by atoms with Crippen LogP contribution in [0.3, 0.4) is 0 Å². The number of hydrogen-bond donors (Lipinski definition) is 1. The van der Waals surface area contributed by atoms with Crippen LogP contribution in [-0.2, 0) is 4.74 Å². The quantitative estimate of drug-likeness (QED) is 0.578. The molecule has 0 fully saturated rings. The van der Waals surface area contributed by atoms with Crippen LogP contribution in [0.2, 0.25) is 0 Å². The summed E-state index contributed by atoms with van der Waals surface area (Å²) < 4.78 is 5.38. The summed E-state index contributed by atoms with van der Waals surface area (Å²) in [6.45, 7) is 5.44. The van der Waals surface area contributed by atoms with Crippen LogP contribution in [-0.4, -0.2) is 22.8 Å². The van der Waals surface area contributed by atoms with Gasteiger partial charge in [-0.2, -0.15) is 0 Å². The summed E-state index contributed by atoms with van der Waals surface area (Å²) in [5.74, 6) is -0.701. The maximum Gasteiger partial charge on any atom is 0.338 e. The number of hydrogen-bond acceptors (Lipinski definition) is 3. The predicted molar refractivity (Wildman–Crippen MR) is 93.4 cm³/mol. The highest BCUT2D eigenvalue weighted by atomic mass is 16.5. The number of para-hydroxylation sites is 1. The van der Waals surface area contributed by atoms with E-state index in [2.05, 4.69) is 4.98 Å². The Morgan fingerprint density at radius 1 is 1.04 bits per heavy atom. The van der Waals surface area contributed by atoms with Crippen molar-refractivity contribution >= 4 is 22.7 Å². The molecule has 3 rings (SSSR count). The molecule has 24 heavy (non-hydrogen) atoms. The Bertz CT molecular complexity index is 903. The molecule has 0 aliphatic rings. The number of H-pyrrole nitrogens is 1. The fraction of sp³-hybridized carbons (Fsp3) is 0.200. The van der Waals surface area contributed by atoms with Crippen molar-refractivity contribution in [3.8, 4) is 0 Å². The SMILES string of the molecule is Cc1cc(C)cc(C(=O)OC(C)C(=O)c2c[nH]c3ccccc23)c1. The van der Waals surface area contributed by atoms with Crippen LogP contribution in [0.25, 0.3) is 10.9 Å². The van der Waals surface area contributed by atoms with Gasteiger partial charge in [0.15, 0.2) is 6.10 Å². The van der Waals surface area contributed by atoms with E-state index in [9.17, 15) is 9.59 Å². The van der Waals surface area contributed by atoms with Crippen molar-refractivity contribution in [2.75, 3.05) is 0 Å². The summed E-state index contributed by atoms with van der Waals surface area (Å²) in [7, 11) is 0. The highest BCUT2D eigenvalue weighted by molar-refractivity contribution is 6.10. The predicted octanol–water partition coefficient (Wildman–Crippen LogP) is 4.21. The molecule has 2 aromatic carbocycles. The van der Waals surface area contributed by atoms with Crippen LogP contribution in [0, 0.1) is 13.8 Å². The van der Waals surface area contributed by atoms with Crippen molar-refractivity contribution in [1.29, 1.82) is 0 Å². The Morgan fingerprint density at radius 3 is 2.42 bits per heavy atom. The second-order valence-corrected chi connectivity index (χ2v) is 6.04. The topological polar surface area (TPSA) is 59.2 Å². The number of carbonyl (C=O) groups excluding carboxylic acids is 2. The molecular formula is C20H19NO3. The van der Waals surface area contributed by atoms with Gasteiger partial charge < -0.3 is 9.72 Å². The molecule has 0 bridgehead atoms. The van der Waals surface area contributed by atoms with E-state index in [4.69, 9.17) is 4.74 Å². The van der Waals surface area contributed by atoms with E-state index in [0.29, 0.717) is 11.1 Å². The fourth-order valence-corrected chi connectivity index (χ4v) is 2.87. The van der Waals surface area contributed by atoms with Crippen molar-refractivity contribution in [2.24, 2.45) is 0 Å². The first-order chi connectivity index (χ1) is 11.5. The molecule has 0 saturated heterocycles. The van der Waals surface area contributed by atoms with Crippen LogP contribution < -0.4 is 0 Å². The van der Waals surface area contributed by atoms with E-state index >= 15 is 0 Å². The monoisotopic (exact) mass is 321 g/mol. The zero-order chi connectivity index (χ0) is 17.3. The first kappa shape index (κ1) is 16.0. The lowest BCUT2D eigenvalue weighted by Gasteiger charge is -2.12. The average molecular weight is 321 g/mol. The Kier molecular flexibility index (Phi) is 4.21. The van der Waals surface area contributed by atoms with Gasteiger partial charge in [0, 0.05) is 22.7 Å². The van der Waals surface area contributed by atoms with Gasteiger partial charge in [0.2, 0.25) is 5.78 Å². The minimum atomic E-state index is -0.850. The van der Waals surface area contributed by atoms with Gasteiger partial charge in [-0.3, -0.25) is 4.79 Å². The van der Waals surface area contributed by atoms with Gasteiger partial charge >= 0.3 is 5.97 Å². The fourth-order valence-electron chi connectivity index (χ4n) is 2.87. The maximum atomic E-state index is 12.6. The van der Waals surface area contributed by atoms with Crippen molar-refractivity contribution in [2.45, 2.75) is 26.9 Å². The van der Waals surface area contributed by atoms with Gasteiger partial charge in [-0.15, -0.1) is 0 Å². The smallest absolute Gasteiger partial charge is 0.338 e. The number of aryl methyl sites for hydroxylation is 2. The molecule has 0 aliphatic heterocycles. The Labute approximate surface area is 140 Å². The van der Waals surface area contributed by atoms with Crippen molar-refractivity contribution < 1.29 is 14.3 Å². The molecule has 3 aromatic rings. The number of benzene rings is 2. The third kappa shape index (κ3) is 3.08. The molecular weight excluding hydrogens is 302 g/mol. The van der Waals surface area contributed by atoms with E-state index in [0.717, 1.165) is 22.0 Å². The van der Waals surface area contributed by atoms with E-state index < -0.39 is 12.1 Å². The highest BCUT2D eigenvalue weighted by Crippen LogP contribution is 2.20. The number of nitrogens with one attached hydrogen (secondary N) is 1. The number of aromatic nitrogens is 1. The van der Waals surface area contributed by atoms with E-state index in [1.165, 1.54) is 0 Å². The third-order valence-electron chi connectivity index (χ3n) is 3.97. The number of rotatable bonds is 4. The van der Waals surface area contributed by atoms with Gasteiger partial charge in [-0.1, -0.05) is 35.4 Å². The van der Waals surface area contributed by atoms with Gasteiger partial charge in [0.05, 0.1) is 5.56 Å². The molecule has 0 spiro atoms. The van der Waals surface area contributed by atoms with Crippen LogP contribution in [0.15, 0.2) is 48.7 Å². The molecule has 122 valence electrons. The summed E-state index contributed by atoms with van der Waals surface area (Å²) in [6, 6.07) is 13.1. The zero-order valence-corrected chi connectivity index (χ0v) is 13.9. The Balaban J connectivity index is 1.80. The molecule has 1 unspecified atom stereocenters. The van der Waals surface area contributed by atoms with Gasteiger partial charge in [-0.05, 0) is 39.0 Å². The van der Waals surface area contributed by atoms with E-state index in [1.807, 2.05) is 44.2 Å². The second kappa shape index (κ2) is 6.32. The first-order valence-corrected chi connectivity index (χ1v) is 7.85. The molecule has 4 nitrogen and oxygen atoms in total. The van der Waals surface area contributed by atoms with Crippen LogP contribution in [0.4, 0.5) is 0 Å². The lowest BCUT2D eigenvalue weighted by atomic mass is 10.1. The molecule has 0 saturated carbocycles. The lowest BCUT2D eigenvalue weighted by molar-refractivity contribution is 0.0319. The molecule has 0 aliphatic carbocycles. The summed E-state index contributed by atoms with van der Waals surface area (Å²) in [6.07, 6.45) is 0.811. The molecule has 1 heterocycles. The lowest BCUT2D eigenvalue weighted by Crippen LogP contribution is -2.24. The standard InChI is InChI=1S/C20H19NO3/c1-12-8-13(2)10-15(9-12)20(23)24-14(3)19(22)17-11-21-18-7-5-4-6-16(17)18/h4-11,14,21H,1-3H3. The molecule has 4 heteroatoms. The number of aromatic amines is 1.